The summed E-state index contributed by atoms with van der Waals surface area (Å²) in [6.45, 7) is 4.08. The fourth-order valence-electron chi connectivity index (χ4n) is 3.62. The van der Waals surface area contributed by atoms with Gasteiger partial charge in [0.1, 0.15) is 5.75 Å². The van der Waals surface area contributed by atoms with Gasteiger partial charge in [0, 0.05) is 44.7 Å². The third-order valence-corrected chi connectivity index (χ3v) is 5.24. The van der Waals surface area contributed by atoms with Crippen molar-refractivity contribution < 1.29 is 9.53 Å². The molecule has 0 spiro atoms. The van der Waals surface area contributed by atoms with E-state index in [-0.39, 0.29) is 5.91 Å². The summed E-state index contributed by atoms with van der Waals surface area (Å²) in [6.07, 6.45) is 15.9. The van der Waals surface area contributed by atoms with Crippen molar-refractivity contribution in [2.24, 2.45) is 0 Å². The first-order valence-corrected chi connectivity index (χ1v) is 10.00. The Bertz CT molecular complexity index is 835. The van der Waals surface area contributed by atoms with Gasteiger partial charge in [0.25, 0.3) is 0 Å². The number of hydrogen-bond donors (Lipinski definition) is 2. The van der Waals surface area contributed by atoms with Crippen molar-refractivity contribution in [3.8, 4) is 5.75 Å². The van der Waals surface area contributed by atoms with E-state index in [0.717, 1.165) is 43.9 Å². The minimum Gasteiger partial charge on any atom is -0.439 e. The Morgan fingerprint density at radius 1 is 1.14 bits per heavy atom. The number of nitrogens with zero attached hydrogens (tertiary/aromatic N) is 3. The zero-order chi connectivity index (χ0) is 20.1. The van der Waals surface area contributed by atoms with E-state index in [2.05, 4.69) is 21.7 Å². The Balaban J connectivity index is 1.32. The Labute approximate surface area is 171 Å². The van der Waals surface area contributed by atoms with Gasteiger partial charge >= 0.3 is 0 Å². The highest BCUT2D eigenvalue weighted by atomic mass is 16.5. The first kappa shape index (κ1) is 19.0. The van der Waals surface area contributed by atoms with Crippen LogP contribution in [-0.4, -0.2) is 46.4 Å². The van der Waals surface area contributed by atoms with Crippen molar-refractivity contribution in [1.82, 2.24) is 20.1 Å². The molecule has 1 amide bonds. The molecule has 3 aliphatic heterocycles. The Kier molecular flexibility index (Phi) is 5.74. The van der Waals surface area contributed by atoms with Gasteiger partial charge in [-0.05, 0) is 43.2 Å². The highest BCUT2D eigenvalue weighted by Crippen LogP contribution is 2.22. The molecular weight excluding hydrogens is 366 g/mol. The van der Waals surface area contributed by atoms with Crippen molar-refractivity contribution in [2.75, 3.05) is 25.1 Å². The molecule has 152 valence electrons. The summed E-state index contributed by atoms with van der Waals surface area (Å²) in [5.41, 5.74) is 4.34. The second-order valence-corrected chi connectivity index (χ2v) is 7.30. The number of benzene rings is 1. The van der Waals surface area contributed by atoms with Gasteiger partial charge in [-0.1, -0.05) is 12.2 Å². The number of anilines is 1. The number of rotatable bonds is 5. The van der Waals surface area contributed by atoms with E-state index in [0.29, 0.717) is 11.9 Å². The van der Waals surface area contributed by atoms with Crippen molar-refractivity contribution in [2.45, 2.75) is 25.8 Å². The molecular formula is C22H27N5O2. The summed E-state index contributed by atoms with van der Waals surface area (Å²) >= 11 is 0. The van der Waals surface area contributed by atoms with Crippen molar-refractivity contribution in [1.29, 1.82) is 0 Å². The SMILES string of the molecule is CC(=O)N1CCC(N2C=CNC(Oc3ccc(NN4C=CC=CC4)cc3)=C2)CC1. The molecule has 1 aromatic carbocycles. The molecule has 1 saturated heterocycles. The maximum Gasteiger partial charge on any atom is 0.219 e. The van der Waals surface area contributed by atoms with Crippen LogP contribution >= 0.6 is 0 Å². The third-order valence-electron chi connectivity index (χ3n) is 5.24. The van der Waals surface area contributed by atoms with E-state index in [1.54, 1.807) is 6.92 Å². The van der Waals surface area contributed by atoms with Crippen LogP contribution < -0.4 is 15.5 Å². The van der Waals surface area contributed by atoms with E-state index in [1.807, 2.05) is 71.1 Å². The number of hydrazine groups is 1. The molecule has 1 aromatic rings. The largest absolute Gasteiger partial charge is 0.439 e. The van der Waals surface area contributed by atoms with Gasteiger partial charge in [0.05, 0.1) is 18.4 Å². The second kappa shape index (κ2) is 8.77. The number of carbonyl (C=O) groups excluding carboxylic acids is 1. The number of ether oxygens (including phenoxy) is 1. The highest BCUT2D eigenvalue weighted by molar-refractivity contribution is 5.73. The number of likely N-dealkylation sites (tertiary alicyclic amines) is 1. The Morgan fingerprint density at radius 2 is 1.93 bits per heavy atom. The lowest BCUT2D eigenvalue weighted by Crippen LogP contribution is -2.44. The molecule has 3 aliphatic rings. The van der Waals surface area contributed by atoms with Gasteiger partial charge in [0.15, 0.2) is 0 Å². The predicted octanol–water partition coefficient (Wildman–Crippen LogP) is 2.96. The Morgan fingerprint density at radius 3 is 2.62 bits per heavy atom. The van der Waals surface area contributed by atoms with Crippen LogP contribution in [-0.2, 0) is 4.79 Å². The molecule has 3 heterocycles. The lowest BCUT2D eigenvalue weighted by molar-refractivity contribution is -0.130. The summed E-state index contributed by atoms with van der Waals surface area (Å²) in [6, 6.07) is 8.26. The fourth-order valence-corrected chi connectivity index (χ4v) is 3.62. The van der Waals surface area contributed by atoms with E-state index in [4.69, 9.17) is 4.74 Å². The van der Waals surface area contributed by atoms with E-state index in [9.17, 15) is 4.79 Å². The molecule has 7 heteroatoms. The van der Waals surface area contributed by atoms with E-state index in [1.165, 1.54) is 0 Å². The standard InChI is InChI=1S/C22H27N5O2/c1-18(28)25-14-9-20(10-15-25)26-16-11-23-22(17-26)29-21-7-5-19(6-8-21)24-27-12-3-2-4-13-27/h2-8,11-12,16-17,20,23-24H,9-10,13-15H2,1H3. The van der Waals surface area contributed by atoms with Crippen LogP contribution in [0.4, 0.5) is 5.69 Å². The van der Waals surface area contributed by atoms with Crippen molar-refractivity contribution in [3.05, 3.63) is 73.2 Å². The number of amides is 1. The van der Waals surface area contributed by atoms with Gasteiger partial charge in [-0.3, -0.25) is 15.2 Å². The predicted molar refractivity (Wildman–Crippen MR) is 113 cm³/mol. The quantitative estimate of drug-likeness (QED) is 0.802. The molecule has 4 rings (SSSR count). The molecule has 7 nitrogen and oxygen atoms in total. The molecule has 0 radical (unpaired) electrons. The first-order valence-electron chi connectivity index (χ1n) is 10.00. The molecule has 0 aliphatic carbocycles. The highest BCUT2D eigenvalue weighted by Gasteiger charge is 2.24. The number of nitrogens with one attached hydrogen (secondary N) is 2. The van der Waals surface area contributed by atoms with Gasteiger partial charge in [-0.15, -0.1) is 0 Å². The zero-order valence-corrected chi connectivity index (χ0v) is 16.6. The van der Waals surface area contributed by atoms with Crippen molar-refractivity contribution >= 4 is 11.6 Å². The maximum atomic E-state index is 11.5. The molecule has 0 saturated carbocycles. The van der Waals surface area contributed by atoms with E-state index >= 15 is 0 Å². The molecule has 0 unspecified atom stereocenters. The van der Waals surface area contributed by atoms with Crippen LogP contribution in [0.1, 0.15) is 19.8 Å². The molecule has 1 fully saturated rings. The lowest BCUT2D eigenvalue weighted by Gasteiger charge is -2.37. The zero-order valence-electron chi connectivity index (χ0n) is 16.6. The summed E-state index contributed by atoms with van der Waals surface area (Å²) in [4.78, 5) is 15.6. The van der Waals surface area contributed by atoms with Gasteiger partial charge < -0.3 is 19.9 Å². The molecule has 0 aromatic heterocycles. The van der Waals surface area contributed by atoms with Gasteiger partial charge in [0.2, 0.25) is 11.8 Å². The summed E-state index contributed by atoms with van der Waals surface area (Å²) in [5, 5.41) is 5.17. The average molecular weight is 393 g/mol. The molecule has 0 bridgehead atoms. The average Bonchev–Trinajstić information content (AvgIpc) is 2.76. The first-order chi connectivity index (χ1) is 14.2. The van der Waals surface area contributed by atoms with Crippen LogP contribution in [0.15, 0.2) is 73.2 Å². The van der Waals surface area contributed by atoms with Crippen LogP contribution in [0.25, 0.3) is 0 Å². The molecule has 29 heavy (non-hydrogen) atoms. The molecule has 2 N–H and O–H groups in total. The number of carbonyl (C=O) groups is 1. The second-order valence-electron chi connectivity index (χ2n) is 7.30. The van der Waals surface area contributed by atoms with Crippen LogP contribution in [0.3, 0.4) is 0 Å². The number of hydrogen-bond acceptors (Lipinski definition) is 6. The third kappa shape index (κ3) is 4.93. The minimum atomic E-state index is 0.157. The topological polar surface area (TPSA) is 60.1 Å². The van der Waals surface area contributed by atoms with Crippen LogP contribution in [0.5, 0.6) is 5.75 Å². The lowest BCUT2D eigenvalue weighted by atomic mass is 10.0. The normalized spacial score (nSPS) is 19.1. The monoisotopic (exact) mass is 393 g/mol. The smallest absolute Gasteiger partial charge is 0.219 e. The Hall–Kier alpha value is -3.35. The maximum absolute atomic E-state index is 11.5. The van der Waals surface area contributed by atoms with Crippen LogP contribution in [0.2, 0.25) is 0 Å². The van der Waals surface area contributed by atoms with Crippen molar-refractivity contribution in [3.63, 3.8) is 0 Å². The van der Waals surface area contributed by atoms with Gasteiger partial charge in [-0.25, -0.2) is 0 Å². The minimum absolute atomic E-state index is 0.157. The summed E-state index contributed by atoms with van der Waals surface area (Å²) in [5.74, 6) is 1.61. The van der Waals surface area contributed by atoms with Crippen LogP contribution in [0, 0.1) is 0 Å². The van der Waals surface area contributed by atoms with Gasteiger partial charge in [-0.2, -0.15) is 0 Å². The summed E-state index contributed by atoms with van der Waals surface area (Å²) in [7, 11) is 0. The number of allylic oxidation sites excluding steroid dienone is 2. The van der Waals surface area contributed by atoms with E-state index < -0.39 is 0 Å². The molecule has 0 atom stereocenters. The number of piperidine rings is 1. The summed E-state index contributed by atoms with van der Waals surface area (Å²) < 4.78 is 6.01. The fraction of sp³-hybridized carbons (Fsp3) is 0.318.